The summed E-state index contributed by atoms with van der Waals surface area (Å²) < 4.78 is 0. The van der Waals surface area contributed by atoms with Gasteiger partial charge in [-0.25, -0.2) is 9.69 Å². The molecule has 4 rings (SSSR count). The number of nitrogens with zero attached hydrogens (tertiary/aromatic N) is 1. The van der Waals surface area contributed by atoms with Crippen LogP contribution in [0.25, 0.3) is 0 Å². The van der Waals surface area contributed by atoms with Crippen LogP contribution in [0.15, 0.2) is 54.6 Å². The third-order valence-electron chi connectivity index (χ3n) is 6.68. The van der Waals surface area contributed by atoms with Crippen LogP contribution in [0, 0.1) is 11.8 Å². The van der Waals surface area contributed by atoms with Crippen LogP contribution in [0.5, 0.6) is 0 Å². The van der Waals surface area contributed by atoms with Crippen LogP contribution in [0.2, 0.25) is 0 Å². The van der Waals surface area contributed by atoms with Gasteiger partial charge >= 0.3 is 6.03 Å². The van der Waals surface area contributed by atoms with E-state index in [1.807, 2.05) is 24.3 Å². The first-order valence-electron chi connectivity index (χ1n) is 11.4. The molecule has 1 unspecified atom stereocenters. The zero-order valence-corrected chi connectivity index (χ0v) is 18.0. The van der Waals surface area contributed by atoms with E-state index in [-0.39, 0.29) is 11.7 Å². The predicted octanol–water partition coefficient (Wildman–Crippen LogP) is 5.91. The largest absolute Gasteiger partial charge is 0.333 e. The van der Waals surface area contributed by atoms with E-state index >= 15 is 0 Å². The van der Waals surface area contributed by atoms with Crippen LogP contribution in [0.3, 0.4) is 0 Å². The first-order valence-corrected chi connectivity index (χ1v) is 11.4. The van der Waals surface area contributed by atoms with Gasteiger partial charge in [0.2, 0.25) is 5.91 Å². The number of carbonyl (C=O) groups excluding carboxylic acids is 3. The van der Waals surface area contributed by atoms with E-state index < -0.39 is 17.9 Å². The molecule has 31 heavy (non-hydrogen) atoms. The zero-order chi connectivity index (χ0) is 21.8. The zero-order valence-electron chi connectivity index (χ0n) is 18.0. The molecule has 5 heteroatoms. The molecule has 1 atom stereocenters. The molecule has 1 N–H and O–H groups in total. The molecule has 0 aromatic heterocycles. The summed E-state index contributed by atoms with van der Waals surface area (Å²) in [5.41, 5.74) is 1.77. The maximum atomic E-state index is 13.4. The number of para-hydroxylation sites is 2. The van der Waals surface area contributed by atoms with Gasteiger partial charge in [0.25, 0.3) is 0 Å². The number of nitrogens with one attached hydrogen (secondary N) is 1. The van der Waals surface area contributed by atoms with E-state index in [1.54, 1.807) is 30.3 Å². The number of anilines is 2. The standard InChI is InChI=1S/C26H30N2O3/c1-2-3-9-18-14-16-19(17-15-18)24(29)23-21-12-7-8-13-22(21)28(25(23)30)26(31)27-20-10-5-4-6-11-20/h4-8,10-13,18-19,23H,2-3,9,14-17H2,1H3,(H,27,31). The van der Waals surface area contributed by atoms with Crippen molar-refractivity contribution in [2.75, 3.05) is 10.2 Å². The molecule has 3 amide bonds. The van der Waals surface area contributed by atoms with Crippen molar-refractivity contribution in [3.05, 3.63) is 60.2 Å². The lowest BCUT2D eigenvalue weighted by Crippen LogP contribution is -2.41. The molecule has 2 aromatic rings. The highest BCUT2D eigenvalue weighted by atomic mass is 16.2. The van der Waals surface area contributed by atoms with Gasteiger partial charge in [-0.05, 0) is 55.4 Å². The number of hydrogen-bond acceptors (Lipinski definition) is 3. The number of amides is 3. The molecular weight excluding hydrogens is 388 g/mol. The number of imide groups is 1. The second-order valence-electron chi connectivity index (χ2n) is 8.72. The fourth-order valence-corrected chi connectivity index (χ4v) is 4.97. The maximum Gasteiger partial charge on any atom is 0.333 e. The summed E-state index contributed by atoms with van der Waals surface area (Å²) in [5.74, 6) is -0.746. The summed E-state index contributed by atoms with van der Waals surface area (Å²) >= 11 is 0. The quantitative estimate of drug-likeness (QED) is 0.593. The summed E-state index contributed by atoms with van der Waals surface area (Å²) in [4.78, 5) is 40.9. The normalized spacial score (nSPS) is 22.8. The summed E-state index contributed by atoms with van der Waals surface area (Å²) in [5, 5.41) is 2.77. The van der Waals surface area contributed by atoms with Gasteiger partial charge in [0.1, 0.15) is 5.92 Å². The van der Waals surface area contributed by atoms with Crippen molar-refractivity contribution < 1.29 is 14.4 Å². The van der Waals surface area contributed by atoms with Crippen LogP contribution in [-0.2, 0) is 9.59 Å². The van der Waals surface area contributed by atoms with Crippen molar-refractivity contribution in [3.8, 4) is 0 Å². The van der Waals surface area contributed by atoms with Gasteiger partial charge in [0.15, 0.2) is 5.78 Å². The number of Topliss-reactive ketones (excluding diaryl/α,β-unsaturated/α-hetero) is 1. The van der Waals surface area contributed by atoms with Crippen molar-refractivity contribution in [1.82, 2.24) is 0 Å². The van der Waals surface area contributed by atoms with E-state index in [0.29, 0.717) is 22.9 Å². The molecule has 0 spiro atoms. The Balaban J connectivity index is 1.51. The molecule has 1 heterocycles. The average molecular weight is 419 g/mol. The monoisotopic (exact) mass is 418 g/mol. The highest BCUT2D eigenvalue weighted by Crippen LogP contribution is 2.42. The summed E-state index contributed by atoms with van der Waals surface area (Å²) in [6.45, 7) is 2.21. The molecule has 162 valence electrons. The number of carbonyl (C=O) groups is 3. The molecule has 1 fully saturated rings. The molecular formula is C26H30N2O3. The summed E-state index contributed by atoms with van der Waals surface area (Å²) in [6.07, 6.45) is 7.46. The first-order chi connectivity index (χ1) is 15.1. The van der Waals surface area contributed by atoms with Crippen LogP contribution in [0.1, 0.15) is 63.4 Å². The minimum atomic E-state index is -0.880. The topological polar surface area (TPSA) is 66.5 Å². The molecule has 1 aliphatic carbocycles. The van der Waals surface area contributed by atoms with E-state index in [2.05, 4.69) is 12.2 Å². The van der Waals surface area contributed by atoms with Crippen molar-refractivity contribution in [3.63, 3.8) is 0 Å². The molecule has 5 nitrogen and oxygen atoms in total. The number of benzene rings is 2. The number of unbranched alkanes of at least 4 members (excludes halogenated alkanes) is 1. The van der Waals surface area contributed by atoms with Crippen molar-refractivity contribution in [2.24, 2.45) is 11.8 Å². The number of hydrogen-bond donors (Lipinski definition) is 1. The SMILES string of the molecule is CCCCC1CCC(C(=O)C2C(=O)N(C(=O)Nc3ccccc3)c3ccccc32)CC1. The molecule has 1 aliphatic heterocycles. The fraction of sp³-hybridized carbons (Fsp3) is 0.423. The van der Waals surface area contributed by atoms with E-state index in [0.717, 1.165) is 30.6 Å². The van der Waals surface area contributed by atoms with Gasteiger partial charge in [-0.2, -0.15) is 0 Å². The van der Waals surface area contributed by atoms with Crippen molar-refractivity contribution >= 4 is 29.1 Å². The Morgan fingerprint density at radius 2 is 1.65 bits per heavy atom. The Hall–Kier alpha value is -2.95. The smallest absolute Gasteiger partial charge is 0.307 e. The van der Waals surface area contributed by atoms with Gasteiger partial charge in [-0.3, -0.25) is 9.59 Å². The third kappa shape index (κ3) is 4.41. The lowest BCUT2D eigenvalue weighted by molar-refractivity contribution is -0.131. The van der Waals surface area contributed by atoms with Crippen LogP contribution in [0.4, 0.5) is 16.2 Å². The van der Waals surface area contributed by atoms with Crippen molar-refractivity contribution in [2.45, 2.75) is 57.8 Å². The highest BCUT2D eigenvalue weighted by Gasteiger charge is 2.46. The lowest BCUT2D eigenvalue weighted by Gasteiger charge is -2.29. The number of rotatable bonds is 6. The molecule has 2 aliphatic rings. The Morgan fingerprint density at radius 3 is 2.35 bits per heavy atom. The van der Waals surface area contributed by atoms with Gasteiger partial charge in [0.05, 0.1) is 5.69 Å². The summed E-state index contributed by atoms with van der Waals surface area (Å²) in [7, 11) is 0. The van der Waals surface area contributed by atoms with Crippen molar-refractivity contribution in [1.29, 1.82) is 0 Å². The predicted molar refractivity (Wildman–Crippen MR) is 122 cm³/mol. The lowest BCUT2D eigenvalue weighted by atomic mass is 9.75. The van der Waals surface area contributed by atoms with Crippen LogP contribution in [-0.4, -0.2) is 17.7 Å². The van der Waals surface area contributed by atoms with E-state index in [1.165, 1.54) is 19.3 Å². The maximum absolute atomic E-state index is 13.4. The van der Waals surface area contributed by atoms with Crippen LogP contribution < -0.4 is 10.2 Å². The minimum absolute atomic E-state index is 0.0265. The molecule has 1 saturated carbocycles. The minimum Gasteiger partial charge on any atom is -0.307 e. The Kier molecular flexibility index (Phi) is 6.50. The Bertz CT molecular complexity index is 948. The van der Waals surface area contributed by atoms with Gasteiger partial charge in [0, 0.05) is 11.6 Å². The molecule has 0 saturated heterocycles. The fourth-order valence-electron chi connectivity index (χ4n) is 4.97. The van der Waals surface area contributed by atoms with Gasteiger partial charge < -0.3 is 5.32 Å². The highest BCUT2D eigenvalue weighted by molar-refractivity contribution is 6.29. The molecule has 0 bridgehead atoms. The number of urea groups is 1. The van der Waals surface area contributed by atoms with E-state index in [9.17, 15) is 14.4 Å². The average Bonchev–Trinajstić information content (AvgIpc) is 3.10. The Morgan fingerprint density at radius 1 is 0.968 bits per heavy atom. The second-order valence-corrected chi connectivity index (χ2v) is 8.72. The Labute approximate surface area is 183 Å². The summed E-state index contributed by atoms with van der Waals surface area (Å²) in [6, 6.07) is 15.7. The number of fused-ring (bicyclic) bond motifs is 1. The first kappa shape index (κ1) is 21.3. The number of ketones is 1. The van der Waals surface area contributed by atoms with Gasteiger partial charge in [-0.1, -0.05) is 62.6 Å². The third-order valence-corrected chi connectivity index (χ3v) is 6.68. The molecule has 0 radical (unpaired) electrons. The second kappa shape index (κ2) is 9.46. The van der Waals surface area contributed by atoms with Crippen LogP contribution >= 0.6 is 0 Å². The molecule has 2 aromatic carbocycles. The van der Waals surface area contributed by atoms with E-state index in [4.69, 9.17) is 0 Å². The van der Waals surface area contributed by atoms with Gasteiger partial charge in [-0.15, -0.1) is 0 Å².